The van der Waals surface area contributed by atoms with E-state index in [1.807, 2.05) is 0 Å². The van der Waals surface area contributed by atoms with Gasteiger partial charge < -0.3 is 5.11 Å². The first-order chi connectivity index (χ1) is 13.0. The van der Waals surface area contributed by atoms with Gasteiger partial charge in [0.1, 0.15) is 0 Å². The van der Waals surface area contributed by atoms with Crippen molar-refractivity contribution in [3.8, 4) is 0 Å². The Morgan fingerprint density at radius 3 is 1.48 bits per heavy atom. The Balaban J connectivity index is 1.73. The van der Waals surface area contributed by atoms with Gasteiger partial charge in [0.15, 0.2) is 9.84 Å². The highest BCUT2D eigenvalue weighted by Crippen LogP contribution is 2.25. The van der Waals surface area contributed by atoms with Gasteiger partial charge >= 0.3 is 5.97 Å². The molecule has 27 heavy (non-hydrogen) atoms. The number of carbonyl (C=O) groups is 1. The van der Waals surface area contributed by atoms with Crippen LogP contribution in [0.1, 0.15) is 122 Å². The normalized spacial score (nSPS) is 18.7. The smallest absolute Gasteiger partial charge is 0.303 e. The van der Waals surface area contributed by atoms with E-state index in [-0.39, 0.29) is 5.25 Å². The maximum absolute atomic E-state index is 11.8. The molecule has 0 aromatic carbocycles. The second kappa shape index (κ2) is 15.4. The van der Waals surface area contributed by atoms with E-state index in [2.05, 4.69) is 0 Å². The molecule has 1 aliphatic rings. The van der Waals surface area contributed by atoms with E-state index >= 15 is 0 Å². The van der Waals surface area contributed by atoms with Crippen molar-refractivity contribution in [2.75, 3.05) is 5.75 Å². The van der Waals surface area contributed by atoms with Gasteiger partial charge in [-0.3, -0.25) is 4.79 Å². The van der Waals surface area contributed by atoms with Gasteiger partial charge in [0.05, 0.1) is 11.0 Å². The number of carboxylic acids is 1. The fraction of sp³-hybridized carbons (Fsp3) is 0.955. The maximum atomic E-state index is 11.8. The average Bonchev–Trinajstić information content (AvgIpc) is 2.95. The first-order valence-corrected chi connectivity index (χ1v) is 13.2. The molecule has 1 atom stereocenters. The van der Waals surface area contributed by atoms with Gasteiger partial charge in [-0.2, -0.15) is 0 Å². The molecule has 1 saturated heterocycles. The molecule has 0 amide bonds. The second-order valence-electron chi connectivity index (χ2n) is 8.37. The largest absolute Gasteiger partial charge is 0.481 e. The summed E-state index contributed by atoms with van der Waals surface area (Å²) >= 11 is 0. The van der Waals surface area contributed by atoms with E-state index in [0.29, 0.717) is 12.2 Å². The number of sulfone groups is 1. The third-order valence-electron chi connectivity index (χ3n) is 5.88. The van der Waals surface area contributed by atoms with Gasteiger partial charge in [-0.05, 0) is 25.7 Å². The zero-order valence-electron chi connectivity index (χ0n) is 17.3. The van der Waals surface area contributed by atoms with Crippen LogP contribution in [-0.2, 0) is 14.6 Å². The van der Waals surface area contributed by atoms with Crippen LogP contribution >= 0.6 is 0 Å². The van der Waals surface area contributed by atoms with Crippen LogP contribution < -0.4 is 0 Å². The molecule has 1 N–H and O–H groups in total. The molecule has 1 fully saturated rings. The molecule has 0 aliphatic carbocycles. The summed E-state index contributed by atoms with van der Waals surface area (Å²) < 4.78 is 23.5. The molecule has 0 bridgehead atoms. The molecule has 0 saturated carbocycles. The topological polar surface area (TPSA) is 71.4 Å². The zero-order chi connectivity index (χ0) is 19.8. The lowest BCUT2D eigenvalue weighted by Gasteiger charge is -2.08. The zero-order valence-corrected chi connectivity index (χ0v) is 18.1. The summed E-state index contributed by atoms with van der Waals surface area (Å²) in [6, 6.07) is 0. The summed E-state index contributed by atoms with van der Waals surface area (Å²) in [5, 5.41) is 8.54. The lowest BCUT2D eigenvalue weighted by molar-refractivity contribution is -0.137. The molecule has 0 aromatic heterocycles. The SMILES string of the molecule is O=C(O)CCCCCCCCCCCCCCCCCC1CCCS1(=O)=O. The molecular weight excluding hydrogens is 360 g/mol. The molecule has 160 valence electrons. The van der Waals surface area contributed by atoms with Crippen molar-refractivity contribution in [1.82, 2.24) is 0 Å². The first-order valence-electron chi connectivity index (χ1n) is 11.5. The van der Waals surface area contributed by atoms with Crippen molar-refractivity contribution in [3.05, 3.63) is 0 Å². The third-order valence-corrected chi connectivity index (χ3v) is 8.22. The minimum absolute atomic E-state index is 0.0257. The van der Waals surface area contributed by atoms with Crippen molar-refractivity contribution < 1.29 is 18.3 Å². The Morgan fingerprint density at radius 1 is 0.704 bits per heavy atom. The second-order valence-corrected chi connectivity index (χ2v) is 10.8. The molecule has 4 nitrogen and oxygen atoms in total. The molecule has 0 radical (unpaired) electrons. The molecule has 1 heterocycles. The Morgan fingerprint density at radius 2 is 1.11 bits per heavy atom. The summed E-state index contributed by atoms with van der Waals surface area (Å²) in [6.45, 7) is 0. The van der Waals surface area contributed by atoms with Crippen molar-refractivity contribution >= 4 is 15.8 Å². The Kier molecular flexibility index (Phi) is 13.9. The minimum Gasteiger partial charge on any atom is -0.481 e. The molecule has 5 heteroatoms. The highest BCUT2D eigenvalue weighted by Gasteiger charge is 2.30. The Bertz CT molecular complexity index is 473. The minimum atomic E-state index is -2.73. The van der Waals surface area contributed by atoms with Crippen LogP contribution in [0.4, 0.5) is 0 Å². The molecule has 1 aliphatic heterocycles. The van der Waals surface area contributed by atoms with Crippen LogP contribution in [0.5, 0.6) is 0 Å². The van der Waals surface area contributed by atoms with Crippen LogP contribution in [0, 0.1) is 0 Å². The summed E-state index contributed by atoms with van der Waals surface area (Å²) in [7, 11) is -2.73. The predicted octanol–water partition coefficient (Wildman–Crippen LogP) is 6.28. The third kappa shape index (κ3) is 13.3. The summed E-state index contributed by atoms with van der Waals surface area (Å²) in [4.78, 5) is 10.4. The molecule has 0 aromatic rings. The maximum Gasteiger partial charge on any atom is 0.303 e. The first kappa shape index (κ1) is 24.5. The van der Waals surface area contributed by atoms with Crippen molar-refractivity contribution in [2.45, 2.75) is 127 Å². The van der Waals surface area contributed by atoms with Crippen molar-refractivity contribution in [3.63, 3.8) is 0 Å². The fourth-order valence-corrected chi connectivity index (χ4v) is 6.08. The monoisotopic (exact) mass is 402 g/mol. The summed E-state index contributed by atoms with van der Waals surface area (Å²) in [5.74, 6) is -0.251. The van der Waals surface area contributed by atoms with E-state index in [0.717, 1.165) is 38.5 Å². The Labute approximate surface area is 167 Å². The van der Waals surface area contributed by atoms with Gasteiger partial charge in [0.25, 0.3) is 0 Å². The lowest BCUT2D eigenvalue weighted by Crippen LogP contribution is -2.15. The fourth-order valence-electron chi connectivity index (χ4n) is 4.13. The van der Waals surface area contributed by atoms with Gasteiger partial charge in [-0.15, -0.1) is 0 Å². The number of unbranched alkanes of at least 4 members (excludes halogenated alkanes) is 14. The van der Waals surface area contributed by atoms with Gasteiger partial charge in [0, 0.05) is 6.42 Å². The number of carboxylic acid groups (broad SMARTS) is 1. The van der Waals surface area contributed by atoms with Gasteiger partial charge in [-0.1, -0.05) is 89.9 Å². The van der Waals surface area contributed by atoms with E-state index in [1.54, 1.807) is 0 Å². The molecule has 0 spiro atoms. The Hall–Kier alpha value is -0.580. The molecule has 1 rings (SSSR count). The number of aliphatic carboxylic acids is 1. The van der Waals surface area contributed by atoms with E-state index < -0.39 is 15.8 Å². The standard InChI is InChI=1S/C22H42O4S/c23-22(24)19-15-13-11-9-7-5-3-1-2-4-6-8-10-12-14-17-21-18-16-20-27(21,25)26/h21H,1-20H2,(H,23,24). The number of hydrogen-bond donors (Lipinski definition) is 1. The van der Waals surface area contributed by atoms with Crippen molar-refractivity contribution in [2.24, 2.45) is 0 Å². The number of rotatable bonds is 18. The van der Waals surface area contributed by atoms with Crippen LogP contribution in [0.3, 0.4) is 0 Å². The lowest BCUT2D eigenvalue weighted by atomic mass is 10.0. The van der Waals surface area contributed by atoms with E-state index in [9.17, 15) is 13.2 Å². The van der Waals surface area contributed by atoms with Gasteiger partial charge in [-0.25, -0.2) is 8.42 Å². The van der Waals surface area contributed by atoms with Crippen LogP contribution in [-0.4, -0.2) is 30.5 Å². The summed E-state index contributed by atoms with van der Waals surface area (Å²) in [5.41, 5.74) is 0. The van der Waals surface area contributed by atoms with Crippen LogP contribution in [0.2, 0.25) is 0 Å². The van der Waals surface area contributed by atoms with Crippen molar-refractivity contribution in [1.29, 1.82) is 0 Å². The summed E-state index contributed by atoms with van der Waals surface area (Å²) in [6.07, 6.45) is 21.4. The van der Waals surface area contributed by atoms with Gasteiger partial charge in [0.2, 0.25) is 0 Å². The van der Waals surface area contributed by atoms with E-state index in [1.165, 1.54) is 77.0 Å². The van der Waals surface area contributed by atoms with Crippen LogP contribution in [0.15, 0.2) is 0 Å². The highest BCUT2D eigenvalue weighted by molar-refractivity contribution is 7.92. The molecular formula is C22H42O4S. The van der Waals surface area contributed by atoms with E-state index in [4.69, 9.17) is 5.11 Å². The van der Waals surface area contributed by atoms with Crippen LogP contribution in [0.25, 0.3) is 0 Å². The number of hydrogen-bond acceptors (Lipinski definition) is 3. The highest BCUT2D eigenvalue weighted by atomic mass is 32.2. The molecule has 1 unspecified atom stereocenters. The average molecular weight is 403 g/mol. The quantitative estimate of drug-likeness (QED) is 0.274. The predicted molar refractivity (Wildman–Crippen MR) is 113 cm³/mol.